The van der Waals surface area contributed by atoms with E-state index in [-0.39, 0.29) is 12.5 Å². The van der Waals surface area contributed by atoms with E-state index in [2.05, 4.69) is 12.2 Å². The number of nitrogens with two attached hydrogens (primary N) is 1. The zero-order valence-electron chi connectivity index (χ0n) is 11.9. The lowest BCUT2D eigenvalue weighted by Crippen LogP contribution is -2.29. The molecule has 0 bridgehead atoms. The van der Waals surface area contributed by atoms with Crippen molar-refractivity contribution in [2.75, 3.05) is 37.9 Å². The summed E-state index contributed by atoms with van der Waals surface area (Å²) in [5, 5.41) is 2.80. The van der Waals surface area contributed by atoms with E-state index in [9.17, 15) is 4.79 Å². The normalized spacial score (nSPS) is 10.1. The third kappa shape index (κ3) is 5.07. The minimum absolute atomic E-state index is 0.00913. The van der Waals surface area contributed by atoms with Gasteiger partial charge in [0.15, 0.2) is 6.61 Å². The van der Waals surface area contributed by atoms with Gasteiger partial charge in [-0.3, -0.25) is 4.79 Å². The van der Waals surface area contributed by atoms with Gasteiger partial charge in [0.1, 0.15) is 5.75 Å². The van der Waals surface area contributed by atoms with Crippen molar-refractivity contribution in [3.8, 4) is 5.75 Å². The Kier molecular flexibility index (Phi) is 5.99. The average molecular weight is 265 g/mol. The molecule has 0 atom stereocenters. The van der Waals surface area contributed by atoms with E-state index < -0.39 is 0 Å². The molecule has 1 rings (SSSR count). The SMILES string of the molecule is CCCCNC(=O)COc1cc(N(C)C)ccc1N. The van der Waals surface area contributed by atoms with Crippen LogP contribution in [0.25, 0.3) is 0 Å². The number of carbonyl (C=O) groups is 1. The van der Waals surface area contributed by atoms with Gasteiger partial charge in [-0.2, -0.15) is 0 Å². The molecule has 0 radical (unpaired) electrons. The summed E-state index contributed by atoms with van der Waals surface area (Å²) in [6.07, 6.45) is 2.03. The predicted octanol–water partition coefficient (Wildman–Crippen LogP) is 1.63. The van der Waals surface area contributed by atoms with Crippen molar-refractivity contribution < 1.29 is 9.53 Å². The standard InChI is InChI=1S/C14H23N3O2/c1-4-5-8-16-14(18)10-19-13-9-11(17(2)3)6-7-12(13)15/h6-7,9H,4-5,8,10,15H2,1-3H3,(H,16,18). The van der Waals surface area contributed by atoms with E-state index in [4.69, 9.17) is 10.5 Å². The van der Waals surface area contributed by atoms with E-state index in [0.717, 1.165) is 18.5 Å². The highest BCUT2D eigenvalue weighted by Crippen LogP contribution is 2.26. The van der Waals surface area contributed by atoms with Gasteiger partial charge >= 0.3 is 0 Å². The summed E-state index contributed by atoms with van der Waals surface area (Å²) in [4.78, 5) is 13.5. The van der Waals surface area contributed by atoms with Crippen LogP contribution in [-0.2, 0) is 4.79 Å². The first-order valence-corrected chi connectivity index (χ1v) is 6.51. The predicted molar refractivity (Wildman–Crippen MR) is 78.6 cm³/mol. The highest BCUT2D eigenvalue weighted by molar-refractivity contribution is 5.77. The van der Waals surface area contributed by atoms with Gasteiger partial charge in [-0.1, -0.05) is 13.3 Å². The van der Waals surface area contributed by atoms with Crippen molar-refractivity contribution in [3.05, 3.63) is 18.2 Å². The smallest absolute Gasteiger partial charge is 0.257 e. The van der Waals surface area contributed by atoms with E-state index in [0.29, 0.717) is 18.0 Å². The van der Waals surface area contributed by atoms with E-state index >= 15 is 0 Å². The topological polar surface area (TPSA) is 67.6 Å². The van der Waals surface area contributed by atoms with Crippen LogP contribution >= 0.6 is 0 Å². The van der Waals surface area contributed by atoms with Crippen LogP contribution in [0.3, 0.4) is 0 Å². The fourth-order valence-electron chi connectivity index (χ4n) is 1.53. The molecule has 0 aliphatic carbocycles. The zero-order chi connectivity index (χ0) is 14.3. The molecule has 0 heterocycles. The van der Waals surface area contributed by atoms with E-state index in [1.807, 2.05) is 31.1 Å². The number of nitrogen functional groups attached to an aromatic ring is 1. The van der Waals surface area contributed by atoms with Crippen molar-refractivity contribution in [1.29, 1.82) is 0 Å². The van der Waals surface area contributed by atoms with Crippen molar-refractivity contribution >= 4 is 17.3 Å². The Hall–Kier alpha value is -1.91. The minimum atomic E-state index is -0.122. The van der Waals surface area contributed by atoms with Gasteiger partial charge in [-0.05, 0) is 18.6 Å². The molecule has 0 aromatic heterocycles. The maximum absolute atomic E-state index is 11.5. The first kappa shape index (κ1) is 15.1. The molecular weight excluding hydrogens is 242 g/mol. The number of unbranched alkanes of at least 4 members (excludes halogenated alkanes) is 1. The molecule has 0 saturated heterocycles. The Morgan fingerprint density at radius 1 is 1.42 bits per heavy atom. The fourth-order valence-corrected chi connectivity index (χ4v) is 1.53. The minimum Gasteiger partial charge on any atom is -0.482 e. The van der Waals surface area contributed by atoms with Crippen LogP contribution in [0.5, 0.6) is 5.75 Å². The maximum Gasteiger partial charge on any atom is 0.257 e. The second-order valence-corrected chi connectivity index (χ2v) is 4.61. The highest BCUT2D eigenvalue weighted by Gasteiger charge is 2.06. The first-order chi connectivity index (χ1) is 9.04. The number of hydrogen-bond acceptors (Lipinski definition) is 4. The molecule has 1 aromatic carbocycles. The first-order valence-electron chi connectivity index (χ1n) is 6.51. The molecule has 3 N–H and O–H groups in total. The van der Waals surface area contributed by atoms with Gasteiger partial charge in [-0.15, -0.1) is 0 Å². The summed E-state index contributed by atoms with van der Waals surface area (Å²) in [7, 11) is 3.87. The molecule has 0 unspecified atom stereocenters. The Labute approximate surface area is 114 Å². The van der Waals surface area contributed by atoms with E-state index in [1.54, 1.807) is 6.07 Å². The van der Waals surface area contributed by atoms with Gasteiger partial charge in [0.2, 0.25) is 0 Å². The van der Waals surface area contributed by atoms with Gasteiger partial charge in [-0.25, -0.2) is 0 Å². The Balaban J connectivity index is 2.52. The third-order valence-corrected chi connectivity index (χ3v) is 2.72. The number of carbonyl (C=O) groups excluding carboxylic acids is 1. The second-order valence-electron chi connectivity index (χ2n) is 4.61. The van der Waals surface area contributed by atoms with Crippen LogP contribution in [0.1, 0.15) is 19.8 Å². The molecule has 0 fully saturated rings. The zero-order valence-corrected chi connectivity index (χ0v) is 11.9. The van der Waals surface area contributed by atoms with Gasteiger partial charge < -0.3 is 20.7 Å². The van der Waals surface area contributed by atoms with Crippen LogP contribution in [0.15, 0.2) is 18.2 Å². The summed E-state index contributed by atoms with van der Waals surface area (Å²) in [6, 6.07) is 5.51. The van der Waals surface area contributed by atoms with Crippen LogP contribution in [0.4, 0.5) is 11.4 Å². The summed E-state index contributed by atoms with van der Waals surface area (Å²) in [6.45, 7) is 2.76. The Morgan fingerprint density at radius 3 is 2.79 bits per heavy atom. The third-order valence-electron chi connectivity index (χ3n) is 2.72. The molecule has 0 spiro atoms. The number of nitrogens with zero attached hydrogens (tertiary/aromatic N) is 1. The van der Waals surface area contributed by atoms with Crippen molar-refractivity contribution in [2.45, 2.75) is 19.8 Å². The highest BCUT2D eigenvalue weighted by atomic mass is 16.5. The summed E-state index contributed by atoms with van der Waals surface area (Å²) in [5.41, 5.74) is 7.34. The van der Waals surface area contributed by atoms with E-state index in [1.165, 1.54) is 0 Å². The lowest BCUT2D eigenvalue weighted by molar-refractivity contribution is -0.123. The lowest BCUT2D eigenvalue weighted by atomic mass is 10.2. The average Bonchev–Trinajstić information content (AvgIpc) is 2.37. The second kappa shape index (κ2) is 7.51. The maximum atomic E-state index is 11.5. The number of amides is 1. The molecule has 0 saturated carbocycles. The fraction of sp³-hybridized carbons (Fsp3) is 0.500. The molecule has 0 aliphatic rings. The number of hydrogen-bond donors (Lipinski definition) is 2. The molecule has 1 amide bonds. The molecule has 0 aliphatic heterocycles. The van der Waals surface area contributed by atoms with Crippen LogP contribution in [0, 0.1) is 0 Å². The van der Waals surface area contributed by atoms with Crippen LogP contribution in [0.2, 0.25) is 0 Å². The Morgan fingerprint density at radius 2 is 2.16 bits per heavy atom. The molecule has 1 aromatic rings. The summed E-state index contributed by atoms with van der Waals surface area (Å²) >= 11 is 0. The van der Waals surface area contributed by atoms with Gasteiger partial charge in [0.25, 0.3) is 5.91 Å². The van der Waals surface area contributed by atoms with Crippen molar-refractivity contribution in [2.24, 2.45) is 0 Å². The molecule has 106 valence electrons. The Bertz CT molecular complexity index is 419. The number of anilines is 2. The van der Waals surface area contributed by atoms with Crippen LogP contribution < -0.4 is 20.7 Å². The summed E-state index contributed by atoms with van der Waals surface area (Å²) in [5.74, 6) is 0.417. The molecule has 5 heteroatoms. The number of ether oxygens (including phenoxy) is 1. The van der Waals surface area contributed by atoms with Crippen LogP contribution in [-0.4, -0.2) is 33.2 Å². The van der Waals surface area contributed by atoms with Crippen molar-refractivity contribution in [3.63, 3.8) is 0 Å². The number of benzene rings is 1. The lowest BCUT2D eigenvalue weighted by Gasteiger charge is -2.15. The van der Waals surface area contributed by atoms with Gasteiger partial charge in [0, 0.05) is 32.4 Å². The quantitative estimate of drug-likeness (QED) is 0.581. The van der Waals surface area contributed by atoms with Crippen molar-refractivity contribution in [1.82, 2.24) is 5.32 Å². The number of rotatable bonds is 7. The molecule has 19 heavy (non-hydrogen) atoms. The summed E-state index contributed by atoms with van der Waals surface area (Å²) < 4.78 is 5.46. The molecular formula is C14H23N3O2. The monoisotopic (exact) mass is 265 g/mol. The molecule has 5 nitrogen and oxygen atoms in total. The largest absolute Gasteiger partial charge is 0.482 e. The number of nitrogens with one attached hydrogen (secondary N) is 1. The van der Waals surface area contributed by atoms with Gasteiger partial charge in [0.05, 0.1) is 5.69 Å².